The summed E-state index contributed by atoms with van der Waals surface area (Å²) in [6.07, 6.45) is 1.00. The molecule has 1 N–H and O–H groups in total. The Hall–Kier alpha value is -2.18. The Morgan fingerprint density at radius 3 is 2.62 bits per heavy atom. The normalized spacial score (nSPS) is 14.2. The van der Waals surface area contributed by atoms with Gasteiger partial charge in [0.25, 0.3) is 0 Å². The molecule has 1 heterocycles. The molecule has 0 unspecified atom stereocenters. The molecule has 0 aromatic heterocycles. The molecule has 0 spiro atoms. The van der Waals surface area contributed by atoms with Gasteiger partial charge in [0.1, 0.15) is 0 Å². The van der Waals surface area contributed by atoms with Crippen LogP contribution < -0.4 is 4.72 Å². The molecular weight excluding hydrogens is 348 g/mol. The molecule has 6 heteroatoms. The van der Waals surface area contributed by atoms with Crippen LogP contribution in [0.4, 0.5) is 0 Å². The average Bonchev–Trinajstić information content (AvgIpc) is 2.63. The second-order valence-electron chi connectivity index (χ2n) is 6.75. The number of fused-ring (bicyclic) bond motifs is 1. The van der Waals surface area contributed by atoms with Crippen molar-refractivity contribution in [3.63, 3.8) is 0 Å². The van der Waals surface area contributed by atoms with Crippen LogP contribution in [0.1, 0.15) is 28.7 Å². The monoisotopic (exact) mass is 372 g/mol. The lowest BCUT2D eigenvalue weighted by molar-refractivity contribution is -0.131. The lowest BCUT2D eigenvalue weighted by atomic mass is 10.00. The van der Waals surface area contributed by atoms with E-state index in [-0.39, 0.29) is 23.8 Å². The highest BCUT2D eigenvalue weighted by Gasteiger charge is 2.21. The first-order chi connectivity index (χ1) is 12.4. The van der Waals surface area contributed by atoms with E-state index in [1.54, 1.807) is 24.0 Å². The summed E-state index contributed by atoms with van der Waals surface area (Å²) in [5.41, 5.74) is 4.04. The largest absolute Gasteiger partial charge is 0.338 e. The van der Waals surface area contributed by atoms with Gasteiger partial charge >= 0.3 is 0 Å². The van der Waals surface area contributed by atoms with E-state index in [9.17, 15) is 13.2 Å². The zero-order chi connectivity index (χ0) is 18.7. The number of hydrogen-bond acceptors (Lipinski definition) is 3. The van der Waals surface area contributed by atoms with Crippen molar-refractivity contribution in [3.8, 4) is 0 Å². The fourth-order valence-corrected chi connectivity index (χ4v) is 4.59. The van der Waals surface area contributed by atoms with Crippen LogP contribution >= 0.6 is 0 Å². The summed E-state index contributed by atoms with van der Waals surface area (Å²) in [6.45, 7) is 5.01. The second kappa shape index (κ2) is 7.60. The number of carbonyl (C=O) groups excluding carboxylic acids is 1. The number of amides is 1. The number of sulfonamides is 1. The zero-order valence-electron chi connectivity index (χ0n) is 15.2. The quantitative estimate of drug-likeness (QED) is 0.877. The molecule has 0 bridgehead atoms. The summed E-state index contributed by atoms with van der Waals surface area (Å²) in [4.78, 5) is 14.5. The first-order valence-electron chi connectivity index (χ1n) is 8.78. The number of benzene rings is 2. The summed E-state index contributed by atoms with van der Waals surface area (Å²) in [6, 6.07) is 13.4. The second-order valence-corrected chi connectivity index (χ2v) is 8.49. The SMILES string of the molecule is Cc1ccc(C)c(S(=O)(=O)NCCC(=O)N2CCc3ccccc3C2)c1. The molecule has 0 aliphatic carbocycles. The van der Waals surface area contributed by atoms with Crippen LogP contribution in [0.5, 0.6) is 0 Å². The summed E-state index contributed by atoms with van der Waals surface area (Å²) < 4.78 is 27.5. The first-order valence-corrected chi connectivity index (χ1v) is 10.3. The molecule has 0 fully saturated rings. The summed E-state index contributed by atoms with van der Waals surface area (Å²) in [5.74, 6) is -0.0248. The maximum Gasteiger partial charge on any atom is 0.240 e. The molecule has 0 saturated carbocycles. The van der Waals surface area contributed by atoms with Crippen LogP contribution in [-0.2, 0) is 27.8 Å². The van der Waals surface area contributed by atoms with Gasteiger partial charge in [-0.15, -0.1) is 0 Å². The molecule has 1 amide bonds. The standard InChI is InChI=1S/C20H24N2O3S/c1-15-7-8-16(2)19(13-15)26(24,25)21-11-9-20(23)22-12-10-17-5-3-4-6-18(17)14-22/h3-8,13,21H,9-12,14H2,1-2H3. The van der Waals surface area contributed by atoms with E-state index in [0.29, 0.717) is 18.7 Å². The van der Waals surface area contributed by atoms with Crippen LogP contribution in [0.15, 0.2) is 47.4 Å². The lowest BCUT2D eigenvalue weighted by Crippen LogP contribution is -2.38. The van der Waals surface area contributed by atoms with Crippen LogP contribution in [0, 0.1) is 13.8 Å². The third-order valence-electron chi connectivity index (χ3n) is 4.75. The Labute approximate surface area is 155 Å². The Kier molecular flexibility index (Phi) is 5.44. The van der Waals surface area contributed by atoms with Gasteiger partial charge in [0, 0.05) is 26.1 Å². The number of nitrogens with one attached hydrogen (secondary N) is 1. The molecule has 3 rings (SSSR count). The van der Waals surface area contributed by atoms with Gasteiger partial charge in [-0.25, -0.2) is 13.1 Å². The Bertz CT molecular complexity index is 922. The topological polar surface area (TPSA) is 66.5 Å². The summed E-state index contributed by atoms with van der Waals surface area (Å²) in [7, 11) is -3.61. The van der Waals surface area contributed by atoms with Crippen molar-refractivity contribution in [2.75, 3.05) is 13.1 Å². The van der Waals surface area contributed by atoms with Gasteiger partial charge in [-0.3, -0.25) is 4.79 Å². The van der Waals surface area contributed by atoms with E-state index in [1.807, 2.05) is 31.2 Å². The van der Waals surface area contributed by atoms with Gasteiger partial charge in [0.2, 0.25) is 15.9 Å². The molecule has 2 aromatic carbocycles. The van der Waals surface area contributed by atoms with E-state index in [0.717, 1.165) is 12.0 Å². The van der Waals surface area contributed by atoms with Crippen LogP contribution in [0.3, 0.4) is 0 Å². The van der Waals surface area contributed by atoms with Crippen molar-refractivity contribution in [1.29, 1.82) is 0 Å². The molecule has 2 aromatic rings. The first kappa shape index (κ1) is 18.6. The maximum absolute atomic E-state index is 12.5. The number of rotatable bonds is 5. The van der Waals surface area contributed by atoms with Crippen LogP contribution in [-0.4, -0.2) is 32.3 Å². The van der Waals surface area contributed by atoms with E-state index in [2.05, 4.69) is 10.8 Å². The molecule has 0 atom stereocenters. The van der Waals surface area contributed by atoms with Crippen molar-refractivity contribution in [1.82, 2.24) is 9.62 Å². The van der Waals surface area contributed by atoms with Gasteiger partial charge in [-0.2, -0.15) is 0 Å². The molecule has 1 aliphatic rings. The fraction of sp³-hybridized carbons (Fsp3) is 0.350. The molecule has 0 radical (unpaired) electrons. The highest BCUT2D eigenvalue weighted by atomic mass is 32.2. The smallest absolute Gasteiger partial charge is 0.240 e. The number of nitrogens with zero attached hydrogens (tertiary/aromatic N) is 1. The van der Waals surface area contributed by atoms with E-state index < -0.39 is 10.0 Å². The number of aryl methyl sites for hydroxylation is 2. The minimum atomic E-state index is -3.61. The van der Waals surface area contributed by atoms with Crippen molar-refractivity contribution >= 4 is 15.9 Å². The highest BCUT2D eigenvalue weighted by molar-refractivity contribution is 7.89. The van der Waals surface area contributed by atoms with Gasteiger partial charge in [-0.05, 0) is 48.6 Å². The molecule has 138 valence electrons. The van der Waals surface area contributed by atoms with Gasteiger partial charge in [-0.1, -0.05) is 36.4 Å². The highest BCUT2D eigenvalue weighted by Crippen LogP contribution is 2.19. The van der Waals surface area contributed by atoms with Gasteiger partial charge in [0.15, 0.2) is 0 Å². The molecule has 5 nitrogen and oxygen atoms in total. The van der Waals surface area contributed by atoms with E-state index in [4.69, 9.17) is 0 Å². The summed E-state index contributed by atoms with van der Waals surface area (Å²) in [5, 5.41) is 0. The predicted molar refractivity (Wildman–Crippen MR) is 101 cm³/mol. The van der Waals surface area contributed by atoms with Crippen molar-refractivity contribution < 1.29 is 13.2 Å². The van der Waals surface area contributed by atoms with Crippen molar-refractivity contribution in [2.45, 2.75) is 38.1 Å². The Balaban J connectivity index is 1.58. The summed E-state index contributed by atoms with van der Waals surface area (Å²) >= 11 is 0. The molecule has 26 heavy (non-hydrogen) atoms. The Morgan fingerprint density at radius 2 is 1.85 bits per heavy atom. The van der Waals surface area contributed by atoms with Gasteiger partial charge < -0.3 is 4.90 Å². The number of carbonyl (C=O) groups is 1. The third-order valence-corrected chi connectivity index (χ3v) is 6.35. The van der Waals surface area contributed by atoms with Gasteiger partial charge in [0.05, 0.1) is 4.90 Å². The number of hydrogen-bond donors (Lipinski definition) is 1. The molecular formula is C20H24N2O3S. The maximum atomic E-state index is 12.5. The Morgan fingerprint density at radius 1 is 1.12 bits per heavy atom. The zero-order valence-corrected chi connectivity index (χ0v) is 16.0. The average molecular weight is 372 g/mol. The van der Waals surface area contributed by atoms with Crippen LogP contribution in [0.25, 0.3) is 0 Å². The molecule has 0 saturated heterocycles. The van der Waals surface area contributed by atoms with Crippen LogP contribution in [0.2, 0.25) is 0 Å². The lowest BCUT2D eigenvalue weighted by Gasteiger charge is -2.29. The molecule has 1 aliphatic heterocycles. The van der Waals surface area contributed by atoms with Crippen molar-refractivity contribution in [3.05, 3.63) is 64.7 Å². The third kappa shape index (κ3) is 4.14. The van der Waals surface area contributed by atoms with E-state index >= 15 is 0 Å². The minimum Gasteiger partial charge on any atom is -0.338 e. The van der Waals surface area contributed by atoms with Crippen molar-refractivity contribution in [2.24, 2.45) is 0 Å². The minimum absolute atomic E-state index is 0.0248. The predicted octanol–water partition coefficient (Wildman–Crippen LogP) is 2.56. The fourth-order valence-electron chi connectivity index (χ4n) is 3.23. The van der Waals surface area contributed by atoms with E-state index in [1.165, 1.54) is 11.1 Å².